The van der Waals surface area contributed by atoms with Gasteiger partial charge < -0.3 is 25.8 Å². The van der Waals surface area contributed by atoms with Gasteiger partial charge in [0.2, 0.25) is 0 Å². The van der Waals surface area contributed by atoms with E-state index in [1.54, 1.807) is 6.08 Å². The third-order valence-electron chi connectivity index (χ3n) is 6.90. The zero-order valence-electron chi connectivity index (χ0n) is 24.0. The van der Waals surface area contributed by atoms with Gasteiger partial charge >= 0.3 is 0 Å². The molecule has 39 heavy (non-hydrogen) atoms. The molecule has 3 aromatic rings. The highest BCUT2D eigenvalue weighted by atomic mass is 15.3. The number of nitrogens with one attached hydrogen (secondary N) is 3. The zero-order chi connectivity index (χ0) is 28.1. The van der Waals surface area contributed by atoms with Gasteiger partial charge in [0.05, 0.1) is 55.5 Å². The molecule has 0 fully saturated rings. The van der Waals surface area contributed by atoms with Gasteiger partial charge in [-0.05, 0) is 76.2 Å². The predicted molar refractivity (Wildman–Crippen MR) is 164 cm³/mol. The van der Waals surface area contributed by atoms with E-state index in [0.29, 0.717) is 28.9 Å². The van der Waals surface area contributed by atoms with E-state index in [1.165, 1.54) is 10.6 Å². The second-order valence-corrected chi connectivity index (χ2v) is 10.4. The Balaban J connectivity index is 1.69. The molecule has 1 aliphatic carbocycles. The summed E-state index contributed by atoms with van der Waals surface area (Å²) in [5, 5.41) is 16.8. The average Bonchev–Trinajstić information content (AvgIpc) is 3.26. The molecule has 0 amide bonds. The van der Waals surface area contributed by atoms with E-state index in [2.05, 4.69) is 69.0 Å². The van der Waals surface area contributed by atoms with Crippen molar-refractivity contribution in [3.05, 3.63) is 72.2 Å². The Morgan fingerprint density at radius 2 is 1.82 bits per heavy atom. The van der Waals surface area contributed by atoms with E-state index in [-0.39, 0.29) is 0 Å². The number of allylic oxidation sites excluding steroid dienone is 2. The van der Waals surface area contributed by atoms with Gasteiger partial charge in [-0.15, -0.1) is 5.10 Å². The van der Waals surface area contributed by atoms with Crippen molar-refractivity contribution in [3.8, 4) is 0 Å². The first-order valence-electron chi connectivity index (χ1n) is 13.7. The van der Waals surface area contributed by atoms with Gasteiger partial charge in [0.15, 0.2) is 5.82 Å². The van der Waals surface area contributed by atoms with Crippen molar-refractivity contribution >= 4 is 39.8 Å². The number of hydrogen-bond donors (Lipinski definition) is 4. The van der Waals surface area contributed by atoms with Crippen molar-refractivity contribution in [3.63, 3.8) is 0 Å². The molecular formula is C30H42N9+. The summed E-state index contributed by atoms with van der Waals surface area (Å²) in [7, 11) is 4.30. The Hall–Kier alpha value is -4.11. The molecule has 0 radical (unpaired) electrons. The van der Waals surface area contributed by atoms with E-state index in [0.717, 1.165) is 48.9 Å². The van der Waals surface area contributed by atoms with Crippen LogP contribution in [-0.4, -0.2) is 67.4 Å². The van der Waals surface area contributed by atoms with Gasteiger partial charge in [-0.1, -0.05) is 6.07 Å². The van der Waals surface area contributed by atoms with Crippen LogP contribution in [0.4, 0.5) is 22.9 Å². The van der Waals surface area contributed by atoms with Crippen molar-refractivity contribution in [2.24, 2.45) is 10.7 Å². The lowest BCUT2D eigenvalue weighted by Crippen LogP contribution is -3.06. The molecular weight excluding hydrogens is 486 g/mol. The lowest BCUT2D eigenvalue weighted by Gasteiger charge is -2.27. The molecule has 1 aliphatic rings. The van der Waals surface area contributed by atoms with Crippen LogP contribution < -0.4 is 25.8 Å². The first kappa shape index (κ1) is 27.9. The van der Waals surface area contributed by atoms with Crippen molar-refractivity contribution < 1.29 is 4.90 Å². The van der Waals surface area contributed by atoms with E-state index in [1.807, 2.05) is 47.1 Å². The summed E-state index contributed by atoms with van der Waals surface area (Å²) in [6.07, 6.45) is 5.45. The van der Waals surface area contributed by atoms with Crippen molar-refractivity contribution in [2.75, 3.05) is 55.4 Å². The maximum Gasteiger partial charge on any atom is 0.177 e. The van der Waals surface area contributed by atoms with Crippen LogP contribution >= 0.6 is 0 Å². The van der Waals surface area contributed by atoms with E-state index in [9.17, 15) is 0 Å². The number of aromatic nitrogens is 2. The fraction of sp³-hybridized carbons (Fsp3) is 0.367. The molecule has 2 heterocycles. The lowest BCUT2D eigenvalue weighted by molar-refractivity contribution is -0.856. The second kappa shape index (κ2) is 12.2. The van der Waals surface area contributed by atoms with Crippen LogP contribution in [0.5, 0.6) is 0 Å². The van der Waals surface area contributed by atoms with Crippen molar-refractivity contribution in [2.45, 2.75) is 33.7 Å². The highest BCUT2D eigenvalue weighted by Gasteiger charge is 2.21. The molecule has 4 rings (SSSR count). The highest BCUT2D eigenvalue weighted by Crippen LogP contribution is 2.33. The van der Waals surface area contributed by atoms with Gasteiger partial charge in [-0.25, -0.2) is 9.51 Å². The fourth-order valence-electron chi connectivity index (χ4n) is 4.73. The molecule has 1 aromatic carbocycles. The highest BCUT2D eigenvalue weighted by molar-refractivity contribution is 6.24. The largest absolute Gasteiger partial charge is 0.397 e. The van der Waals surface area contributed by atoms with Crippen LogP contribution in [0, 0.1) is 5.41 Å². The summed E-state index contributed by atoms with van der Waals surface area (Å²) in [5.74, 6) is 0.829. The Morgan fingerprint density at radius 1 is 1.08 bits per heavy atom. The minimum Gasteiger partial charge on any atom is -0.397 e. The molecule has 0 saturated heterocycles. The van der Waals surface area contributed by atoms with Gasteiger partial charge in [-0.3, -0.25) is 5.41 Å². The number of anilines is 3. The number of aliphatic imine (C=N–C) groups is 1. The number of likely N-dealkylation sites (N-methyl/N-ethyl adjacent to an activating group) is 2. The molecule has 0 unspecified atom stereocenters. The third kappa shape index (κ3) is 6.31. The maximum atomic E-state index is 8.55. The quantitative estimate of drug-likeness (QED) is 0.286. The number of fused-ring (bicyclic) bond motifs is 1. The van der Waals surface area contributed by atoms with Crippen LogP contribution in [0.3, 0.4) is 0 Å². The Morgan fingerprint density at radius 3 is 2.46 bits per heavy atom. The lowest BCUT2D eigenvalue weighted by atomic mass is 10.0. The normalized spacial score (nSPS) is 14.8. The molecule has 5 N–H and O–H groups in total. The number of nitrogens with two attached hydrogens (primary N) is 1. The number of quaternary nitrogens is 1. The Bertz CT molecular complexity index is 1390. The summed E-state index contributed by atoms with van der Waals surface area (Å²) in [6, 6.07) is 14.7. The van der Waals surface area contributed by atoms with Crippen LogP contribution in [0.25, 0.3) is 5.52 Å². The summed E-state index contributed by atoms with van der Waals surface area (Å²) in [6.45, 7) is 12.3. The summed E-state index contributed by atoms with van der Waals surface area (Å²) in [4.78, 5) is 11.0. The molecule has 0 saturated carbocycles. The van der Waals surface area contributed by atoms with Crippen molar-refractivity contribution in [1.29, 1.82) is 5.41 Å². The molecule has 0 spiro atoms. The Kier molecular flexibility index (Phi) is 8.71. The van der Waals surface area contributed by atoms with Crippen LogP contribution in [0.2, 0.25) is 0 Å². The predicted octanol–water partition coefficient (Wildman–Crippen LogP) is 3.48. The fourth-order valence-corrected chi connectivity index (χ4v) is 4.73. The van der Waals surface area contributed by atoms with E-state index < -0.39 is 0 Å². The SMILES string of the molecule is CCN(CC[NH+](C)C)c1nn2ccccc2c1N=C1C=C(Nc2ccc(N(CC)C(C)C)cc2)C(=N)C=C1N. The molecule has 9 heteroatoms. The Labute approximate surface area is 231 Å². The van der Waals surface area contributed by atoms with Crippen molar-refractivity contribution in [1.82, 2.24) is 9.61 Å². The topological polar surface area (TPSA) is 102 Å². The van der Waals surface area contributed by atoms with E-state index in [4.69, 9.17) is 21.2 Å². The number of rotatable bonds is 11. The molecule has 206 valence electrons. The minimum atomic E-state index is 0.317. The smallest absolute Gasteiger partial charge is 0.177 e. The molecule has 0 aliphatic heterocycles. The van der Waals surface area contributed by atoms with Gasteiger partial charge in [-0.2, -0.15) is 0 Å². The summed E-state index contributed by atoms with van der Waals surface area (Å²) >= 11 is 0. The van der Waals surface area contributed by atoms with Gasteiger partial charge in [0.25, 0.3) is 0 Å². The van der Waals surface area contributed by atoms with Crippen LogP contribution in [0.1, 0.15) is 27.7 Å². The zero-order valence-corrected chi connectivity index (χ0v) is 24.0. The van der Waals surface area contributed by atoms with Crippen LogP contribution in [0.15, 0.2) is 77.2 Å². The van der Waals surface area contributed by atoms with Gasteiger partial charge in [0.1, 0.15) is 5.69 Å². The van der Waals surface area contributed by atoms with Gasteiger partial charge in [0, 0.05) is 36.7 Å². The summed E-state index contributed by atoms with van der Waals surface area (Å²) in [5.41, 5.74) is 12.2. The first-order chi connectivity index (χ1) is 18.7. The summed E-state index contributed by atoms with van der Waals surface area (Å²) < 4.78 is 1.87. The molecule has 0 atom stereocenters. The number of benzene rings is 1. The number of pyridine rings is 1. The number of hydrogen-bond acceptors (Lipinski definition) is 7. The number of nitrogens with zero attached hydrogens (tertiary/aromatic N) is 5. The monoisotopic (exact) mass is 528 g/mol. The third-order valence-corrected chi connectivity index (χ3v) is 6.90. The second-order valence-electron chi connectivity index (χ2n) is 10.4. The average molecular weight is 529 g/mol. The minimum absolute atomic E-state index is 0.317. The molecule has 2 aromatic heterocycles. The van der Waals surface area contributed by atoms with Crippen LogP contribution in [-0.2, 0) is 0 Å². The maximum absolute atomic E-state index is 8.55. The molecule has 9 nitrogen and oxygen atoms in total. The standard InChI is InChI=1S/C30H41N9/c1-7-37(18-17-36(5)6)30-29(28-11-9-10-16-39(28)35-30)34-27-20-26(24(31)19-25(27)32)33-22-12-14-23(15-13-22)38(8-2)21(3)4/h9-16,19-21,31,33H,7-8,17-18,32H2,1-6H3/p+1. The first-order valence-corrected chi connectivity index (χ1v) is 13.7. The van der Waals surface area contributed by atoms with E-state index >= 15 is 0 Å². The molecule has 0 bridgehead atoms.